The first-order chi connectivity index (χ1) is 21.4. The molecule has 44 heavy (non-hydrogen) atoms. The maximum atomic E-state index is 11.7. The van der Waals surface area contributed by atoms with E-state index in [-0.39, 0.29) is 0 Å². The van der Waals surface area contributed by atoms with E-state index in [2.05, 4.69) is 43.0 Å². The largest absolute Gasteiger partial charge is 0.489 e. The molecule has 0 radical (unpaired) electrons. The van der Waals surface area contributed by atoms with Crippen molar-refractivity contribution in [3.05, 3.63) is 125 Å². The van der Waals surface area contributed by atoms with Gasteiger partial charge in [-0.15, -0.1) is 0 Å². The standard InChI is InChI=1S/C39H43NO4/c1-4-28(2)38(40(33-15-9-6-10-16-33)35-24-21-32(39(41)42)27-29(35)3)31-19-22-34(23-20-31)44-37-18-12-11-17-36(37)43-26-25-30-13-7-5-8-14-30/h5,7-8,11-14,17-24,27,33H,4,6,9-10,15-16,25-26H2,1-3H3,(H,41,42). The molecule has 0 spiro atoms. The zero-order valence-corrected chi connectivity index (χ0v) is 26.1. The lowest BCUT2D eigenvalue weighted by Gasteiger charge is -2.40. The normalized spacial score (nSPS) is 14.1. The summed E-state index contributed by atoms with van der Waals surface area (Å²) in [5, 5.41) is 9.60. The third-order valence-corrected chi connectivity index (χ3v) is 8.51. The van der Waals surface area contributed by atoms with Crippen LogP contribution in [0.25, 0.3) is 5.70 Å². The molecule has 4 aromatic carbocycles. The van der Waals surface area contributed by atoms with E-state index in [1.165, 1.54) is 36.1 Å². The average molecular weight is 590 g/mol. The number of carboxylic acid groups (broad SMARTS) is 1. The molecular weight excluding hydrogens is 546 g/mol. The Kier molecular flexibility index (Phi) is 10.4. The molecule has 5 rings (SSSR count). The zero-order chi connectivity index (χ0) is 30.9. The molecule has 0 saturated heterocycles. The van der Waals surface area contributed by atoms with E-state index in [1.807, 2.05) is 67.6 Å². The number of nitrogens with zero attached hydrogens (tertiary/aromatic N) is 1. The number of rotatable bonds is 12. The second-order valence-electron chi connectivity index (χ2n) is 11.6. The number of hydrogen-bond donors (Lipinski definition) is 1. The summed E-state index contributed by atoms with van der Waals surface area (Å²) >= 11 is 0. The monoisotopic (exact) mass is 589 g/mol. The van der Waals surface area contributed by atoms with Gasteiger partial charge in [0.05, 0.1) is 12.2 Å². The Balaban J connectivity index is 1.41. The summed E-state index contributed by atoms with van der Waals surface area (Å²) in [5.41, 5.74) is 7.22. The second kappa shape index (κ2) is 14.8. The van der Waals surface area contributed by atoms with Gasteiger partial charge in [0.15, 0.2) is 11.5 Å². The average Bonchev–Trinajstić information content (AvgIpc) is 3.05. The van der Waals surface area contributed by atoms with Gasteiger partial charge in [-0.1, -0.05) is 68.7 Å². The van der Waals surface area contributed by atoms with Gasteiger partial charge in [-0.05, 0) is 110 Å². The molecule has 228 valence electrons. The molecule has 5 heteroatoms. The first kappa shape index (κ1) is 30.9. The second-order valence-corrected chi connectivity index (χ2v) is 11.6. The van der Waals surface area contributed by atoms with Gasteiger partial charge in [-0.3, -0.25) is 0 Å². The number of anilines is 1. The van der Waals surface area contributed by atoms with Gasteiger partial charge in [0.25, 0.3) is 0 Å². The molecule has 1 aliphatic rings. The molecule has 1 saturated carbocycles. The summed E-state index contributed by atoms with van der Waals surface area (Å²) in [6.07, 6.45) is 7.63. The van der Waals surface area contributed by atoms with Crippen LogP contribution in [0.15, 0.2) is 103 Å². The number of carbonyl (C=O) groups is 1. The molecule has 4 aromatic rings. The minimum atomic E-state index is -0.900. The first-order valence-electron chi connectivity index (χ1n) is 15.8. The summed E-state index contributed by atoms with van der Waals surface area (Å²) in [5.74, 6) is 1.25. The summed E-state index contributed by atoms with van der Waals surface area (Å²) in [4.78, 5) is 14.2. The minimum absolute atomic E-state index is 0.318. The van der Waals surface area contributed by atoms with Crippen molar-refractivity contribution in [3.8, 4) is 17.2 Å². The first-order valence-corrected chi connectivity index (χ1v) is 15.8. The van der Waals surface area contributed by atoms with E-state index in [0.717, 1.165) is 54.0 Å². The van der Waals surface area contributed by atoms with Crippen molar-refractivity contribution in [3.63, 3.8) is 0 Å². The fourth-order valence-corrected chi connectivity index (χ4v) is 6.04. The van der Waals surface area contributed by atoms with Crippen molar-refractivity contribution >= 4 is 17.4 Å². The Bertz CT molecular complexity index is 1570. The zero-order valence-electron chi connectivity index (χ0n) is 26.1. The van der Waals surface area contributed by atoms with E-state index in [1.54, 1.807) is 12.1 Å². The van der Waals surface area contributed by atoms with Crippen LogP contribution in [0.4, 0.5) is 5.69 Å². The van der Waals surface area contributed by atoms with Crippen LogP contribution in [0.2, 0.25) is 0 Å². The van der Waals surface area contributed by atoms with Crippen LogP contribution < -0.4 is 14.4 Å². The minimum Gasteiger partial charge on any atom is -0.489 e. The van der Waals surface area contributed by atoms with Gasteiger partial charge in [0.2, 0.25) is 0 Å². The van der Waals surface area contributed by atoms with Crippen LogP contribution in [0, 0.1) is 6.92 Å². The van der Waals surface area contributed by atoms with Gasteiger partial charge in [-0.25, -0.2) is 4.79 Å². The number of benzene rings is 4. The van der Waals surface area contributed by atoms with Crippen molar-refractivity contribution in [2.45, 2.75) is 71.8 Å². The highest BCUT2D eigenvalue weighted by molar-refractivity contribution is 5.90. The van der Waals surface area contributed by atoms with E-state index in [0.29, 0.717) is 24.0 Å². The lowest BCUT2D eigenvalue weighted by atomic mass is 9.90. The number of aryl methyl sites for hydroxylation is 1. The van der Waals surface area contributed by atoms with Gasteiger partial charge in [0.1, 0.15) is 5.75 Å². The van der Waals surface area contributed by atoms with Gasteiger partial charge < -0.3 is 19.5 Å². The lowest BCUT2D eigenvalue weighted by Crippen LogP contribution is -2.36. The van der Waals surface area contributed by atoms with Crippen molar-refractivity contribution < 1.29 is 19.4 Å². The van der Waals surface area contributed by atoms with Crippen LogP contribution in [0.5, 0.6) is 17.2 Å². The predicted octanol–water partition coefficient (Wildman–Crippen LogP) is 10.1. The molecule has 5 nitrogen and oxygen atoms in total. The quantitative estimate of drug-likeness (QED) is 0.178. The van der Waals surface area contributed by atoms with Crippen molar-refractivity contribution in [1.29, 1.82) is 0 Å². The van der Waals surface area contributed by atoms with Gasteiger partial charge in [0, 0.05) is 23.8 Å². The molecular formula is C39H43NO4. The van der Waals surface area contributed by atoms with Crippen LogP contribution in [0.3, 0.4) is 0 Å². The maximum Gasteiger partial charge on any atom is 0.335 e. The number of allylic oxidation sites excluding steroid dienone is 1. The predicted molar refractivity (Wildman–Crippen MR) is 179 cm³/mol. The Morgan fingerprint density at radius 2 is 1.50 bits per heavy atom. The van der Waals surface area contributed by atoms with E-state index in [4.69, 9.17) is 9.47 Å². The summed E-state index contributed by atoms with van der Waals surface area (Å²) in [7, 11) is 0. The Hall–Kier alpha value is -4.51. The van der Waals surface area contributed by atoms with Crippen LogP contribution >= 0.6 is 0 Å². The molecule has 0 heterocycles. The molecule has 0 amide bonds. The molecule has 1 N–H and O–H groups in total. The van der Waals surface area contributed by atoms with Crippen molar-refractivity contribution in [2.75, 3.05) is 11.5 Å². The SMILES string of the molecule is CCC(C)=C(c1ccc(Oc2ccccc2OCCc2ccccc2)cc1)N(c1ccc(C(=O)O)cc1C)C1CCCCC1. The van der Waals surface area contributed by atoms with Crippen LogP contribution in [0.1, 0.15) is 79.4 Å². The summed E-state index contributed by atoms with van der Waals surface area (Å²) < 4.78 is 12.5. The molecule has 0 aromatic heterocycles. The smallest absolute Gasteiger partial charge is 0.335 e. The number of ether oxygens (including phenoxy) is 2. The van der Waals surface area contributed by atoms with Crippen LogP contribution in [-0.2, 0) is 6.42 Å². The fourth-order valence-electron chi connectivity index (χ4n) is 6.04. The van der Waals surface area contributed by atoms with E-state index >= 15 is 0 Å². The number of aromatic carboxylic acids is 1. The van der Waals surface area contributed by atoms with E-state index < -0.39 is 5.97 Å². The van der Waals surface area contributed by atoms with Crippen molar-refractivity contribution in [2.24, 2.45) is 0 Å². The Morgan fingerprint density at radius 3 is 2.16 bits per heavy atom. The summed E-state index contributed by atoms with van der Waals surface area (Å²) in [6, 6.07) is 32.3. The molecule has 0 atom stereocenters. The molecule has 1 aliphatic carbocycles. The molecule has 0 bridgehead atoms. The Morgan fingerprint density at radius 1 is 0.841 bits per heavy atom. The molecule has 1 fully saturated rings. The third kappa shape index (κ3) is 7.52. The highest BCUT2D eigenvalue weighted by Crippen LogP contribution is 2.39. The maximum absolute atomic E-state index is 11.7. The number of carboxylic acids is 1. The number of para-hydroxylation sites is 2. The molecule has 0 unspecified atom stereocenters. The van der Waals surface area contributed by atoms with Gasteiger partial charge in [-0.2, -0.15) is 0 Å². The fraction of sp³-hybridized carbons (Fsp3) is 0.308. The third-order valence-electron chi connectivity index (χ3n) is 8.51. The van der Waals surface area contributed by atoms with Crippen molar-refractivity contribution in [1.82, 2.24) is 0 Å². The highest BCUT2D eigenvalue weighted by Gasteiger charge is 2.28. The lowest BCUT2D eigenvalue weighted by molar-refractivity contribution is 0.0696. The van der Waals surface area contributed by atoms with Gasteiger partial charge >= 0.3 is 5.97 Å². The topological polar surface area (TPSA) is 59.0 Å². The highest BCUT2D eigenvalue weighted by atomic mass is 16.5. The van der Waals surface area contributed by atoms with E-state index in [9.17, 15) is 9.90 Å². The van der Waals surface area contributed by atoms with Crippen LogP contribution in [-0.4, -0.2) is 23.7 Å². The number of hydrogen-bond acceptors (Lipinski definition) is 4. The molecule has 0 aliphatic heterocycles. The Labute approximate surface area is 261 Å². The summed E-state index contributed by atoms with van der Waals surface area (Å²) in [6.45, 7) is 6.99.